The fraction of sp³-hybridized carbons (Fsp3) is 0.400. The minimum absolute atomic E-state index is 0.204. The molecule has 7 heteroatoms. The van der Waals surface area contributed by atoms with Crippen molar-refractivity contribution in [3.05, 3.63) is 65.2 Å². The Kier molecular flexibility index (Phi) is 7.04. The number of amides is 2. The molecule has 2 amide bonds. The van der Waals surface area contributed by atoms with Crippen molar-refractivity contribution < 1.29 is 9.59 Å². The normalized spacial score (nSPS) is 16.7. The van der Waals surface area contributed by atoms with Crippen LogP contribution in [0.3, 0.4) is 0 Å². The molecular weight excluding hydrogens is 402 g/mol. The lowest BCUT2D eigenvalue weighted by Crippen LogP contribution is -2.36. The highest BCUT2D eigenvalue weighted by molar-refractivity contribution is 5.95. The summed E-state index contributed by atoms with van der Waals surface area (Å²) in [6.07, 6.45) is 3.18. The predicted octanol–water partition coefficient (Wildman–Crippen LogP) is 2.80. The second-order valence-electron chi connectivity index (χ2n) is 8.28. The lowest BCUT2D eigenvalue weighted by atomic mass is 10.1. The summed E-state index contributed by atoms with van der Waals surface area (Å²) in [5.74, 6) is 1.16. The van der Waals surface area contributed by atoms with Crippen LogP contribution in [0.5, 0.6) is 0 Å². The molecule has 168 valence electrons. The third-order valence-electron chi connectivity index (χ3n) is 6.10. The molecule has 2 aliphatic heterocycles. The molecule has 0 radical (unpaired) electrons. The van der Waals surface area contributed by atoms with E-state index in [1.165, 1.54) is 0 Å². The summed E-state index contributed by atoms with van der Waals surface area (Å²) in [6, 6.07) is 16.3. The van der Waals surface area contributed by atoms with Gasteiger partial charge in [-0.3, -0.25) is 14.6 Å². The number of rotatable bonds is 7. The minimum atomic E-state index is 0.204. The molecule has 0 saturated carbocycles. The number of aliphatic imine (C=N–C) groups is 1. The quantitative estimate of drug-likeness (QED) is 0.520. The fourth-order valence-corrected chi connectivity index (χ4v) is 4.26. The Morgan fingerprint density at radius 3 is 2.22 bits per heavy atom. The topological polar surface area (TPSA) is 77.0 Å². The largest absolute Gasteiger partial charge is 0.352 e. The molecule has 2 fully saturated rings. The average Bonchev–Trinajstić information content (AvgIpc) is 3.43. The standard InChI is InChI=1S/C25H31N5O2/c1-26-25(27-16-19-10-12-22(13-11-19)30-15-5-9-24(30)32)28-17-20-6-2-3-7-21(20)18-29-14-4-8-23(29)31/h2-3,6-7,10-13H,4-5,8-9,14-18H2,1H3,(H2,26,27,28). The molecule has 0 bridgehead atoms. The van der Waals surface area contributed by atoms with Gasteiger partial charge in [-0.1, -0.05) is 36.4 Å². The van der Waals surface area contributed by atoms with Crippen LogP contribution < -0.4 is 15.5 Å². The van der Waals surface area contributed by atoms with E-state index < -0.39 is 0 Å². The van der Waals surface area contributed by atoms with Crippen molar-refractivity contribution in [3.8, 4) is 0 Å². The predicted molar refractivity (Wildman–Crippen MR) is 126 cm³/mol. The Balaban J connectivity index is 1.30. The molecular formula is C25H31N5O2. The van der Waals surface area contributed by atoms with Gasteiger partial charge in [-0.25, -0.2) is 0 Å². The maximum Gasteiger partial charge on any atom is 0.227 e. The fourth-order valence-electron chi connectivity index (χ4n) is 4.26. The molecule has 7 nitrogen and oxygen atoms in total. The van der Waals surface area contributed by atoms with Gasteiger partial charge in [0, 0.05) is 58.3 Å². The highest BCUT2D eigenvalue weighted by Crippen LogP contribution is 2.21. The second-order valence-corrected chi connectivity index (χ2v) is 8.28. The smallest absolute Gasteiger partial charge is 0.227 e. The number of hydrogen-bond donors (Lipinski definition) is 2. The highest BCUT2D eigenvalue weighted by Gasteiger charge is 2.22. The van der Waals surface area contributed by atoms with Crippen molar-refractivity contribution in [2.45, 2.75) is 45.3 Å². The number of nitrogens with one attached hydrogen (secondary N) is 2. The number of benzene rings is 2. The first-order chi connectivity index (χ1) is 15.6. The van der Waals surface area contributed by atoms with E-state index in [1.807, 2.05) is 46.2 Å². The monoisotopic (exact) mass is 433 g/mol. The van der Waals surface area contributed by atoms with E-state index in [4.69, 9.17) is 0 Å². The SMILES string of the molecule is CN=C(NCc1ccc(N2CCCC2=O)cc1)NCc1ccccc1CN1CCCC1=O. The first kappa shape index (κ1) is 21.9. The lowest BCUT2D eigenvalue weighted by molar-refractivity contribution is -0.128. The summed E-state index contributed by atoms with van der Waals surface area (Å²) in [5, 5.41) is 6.72. The number of guanidine groups is 1. The van der Waals surface area contributed by atoms with Crippen LogP contribution in [0.15, 0.2) is 53.5 Å². The van der Waals surface area contributed by atoms with Gasteiger partial charge < -0.3 is 20.4 Å². The second kappa shape index (κ2) is 10.3. The lowest BCUT2D eigenvalue weighted by Gasteiger charge is -2.19. The first-order valence-electron chi connectivity index (χ1n) is 11.3. The molecule has 2 aromatic carbocycles. The summed E-state index contributed by atoms with van der Waals surface area (Å²) in [5.41, 5.74) is 4.41. The van der Waals surface area contributed by atoms with Crippen LogP contribution in [0.2, 0.25) is 0 Å². The van der Waals surface area contributed by atoms with Crippen molar-refractivity contribution in [1.82, 2.24) is 15.5 Å². The Labute approximate surface area is 189 Å². The van der Waals surface area contributed by atoms with Crippen molar-refractivity contribution in [2.24, 2.45) is 4.99 Å². The first-order valence-corrected chi connectivity index (χ1v) is 11.3. The molecule has 2 N–H and O–H groups in total. The molecule has 32 heavy (non-hydrogen) atoms. The summed E-state index contributed by atoms with van der Waals surface area (Å²) in [7, 11) is 1.76. The van der Waals surface area contributed by atoms with Crippen molar-refractivity contribution >= 4 is 23.5 Å². The van der Waals surface area contributed by atoms with Crippen LogP contribution in [0, 0.1) is 0 Å². The molecule has 4 rings (SSSR count). The van der Waals surface area contributed by atoms with Gasteiger partial charge in [-0.15, -0.1) is 0 Å². The van der Waals surface area contributed by atoms with Crippen molar-refractivity contribution in [1.29, 1.82) is 0 Å². The molecule has 2 saturated heterocycles. The number of anilines is 1. The Hall–Kier alpha value is -3.35. The number of carbonyl (C=O) groups excluding carboxylic acids is 2. The zero-order valence-corrected chi connectivity index (χ0v) is 18.6. The number of likely N-dealkylation sites (tertiary alicyclic amines) is 1. The Morgan fingerprint density at radius 1 is 0.875 bits per heavy atom. The summed E-state index contributed by atoms with van der Waals surface area (Å²) < 4.78 is 0. The maximum absolute atomic E-state index is 12.0. The van der Waals surface area contributed by atoms with Crippen LogP contribution in [0.4, 0.5) is 5.69 Å². The van der Waals surface area contributed by atoms with Gasteiger partial charge in [-0.2, -0.15) is 0 Å². The van der Waals surface area contributed by atoms with E-state index >= 15 is 0 Å². The summed E-state index contributed by atoms with van der Waals surface area (Å²) in [4.78, 5) is 32.0. The minimum Gasteiger partial charge on any atom is -0.352 e. The van der Waals surface area contributed by atoms with Crippen LogP contribution in [-0.4, -0.2) is 42.8 Å². The van der Waals surface area contributed by atoms with Gasteiger partial charge in [-0.05, 0) is 41.7 Å². The van der Waals surface area contributed by atoms with Gasteiger partial charge >= 0.3 is 0 Å². The Morgan fingerprint density at radius 2 is 1.56 bits per heavy atom. The van der Waals surface area contributed by atoms with Gasteiger partial charge in [0.25, 0.3) is 0 Å². The van der Waals surface area contributed by atoms with Crippen molar-refractivity contribution in [3.63, 3.8) is 0 Å². The zero-order chi connectivity index (χ0) is 22.3. The molecule has 2 heterocycles. The van der Waals surface area contributed by atoms with Crippen LogP contribution in [0.25, 0.3) is 0 Å². The molecule has 0 aromatic heterocycles. The van der Waals surface area contributed by atoms with E-state index in [0.717, 1.165) is 54.3 Å². The van der Waals surface area contributed by atoms with E-state index in [-0.39, 0.29) is 11.8 Å². The van der Waals surface area contributed by atoms with E-state index in [9.17, 15) is 9.59 Å². The third kappa shape index (κ3) is 5.28. The number of carbonyl (C=O) groups is 2. The zero-order valence-electron chi connectivity index (χ0n) is 18.6. The van der Waals surface area contributed by atoms with E-state index in [2.05, 4.69) is 27.8 Å². The number of hydrogen-bond acceptors (Lipinski definition) is 3. The van der Waals surface area contributed by atoms with E-state index in [0.29, 0.717) is 32.5 Å². The average molecular weight is 434 g/mol. The molecule has 2 aromatic rings. The number of nitrogens with zero attached hydrogens (tertiary/aromatic N) is 3. The van der Waals surface area contributed by atoms with E-state index in [1.54, 1.807) is 7.05 Å². The van der Waals surface area contributed by atoms with Crippen molar-refractivity contribution in [2.75, 3.05) is 25.0 Å². The third-order valence-corrected chi connectivity index (χ3v) is 6.10. The van der Waals surface area contributed by atoms with Gasteiger partial charge in [0.2, 0.25) is 11.8 Å². The molecule has 0 spiro atoms. The van der Waals surface area contributed by atoms with Gasteiger partial charge in [0.05, 0.1) is 0 Å². The molecule has 0 atom stereocenters. The van der Waals surface area contributed by atoms with Gasteiger partial charge in [0.1, 0.15) is 0 Å². The summed E-state index contributed by atoms with van der Waals surface area (Å²) in [6.45, 7) is 3.58. The summed E-state index contributed by atoms with van der Waals surface area (Å²) >= 11 is 0. The van der Waals surface area contributed by atoms with Gasteiger partial charge in [0.15, 0.2) is 5.96 Å². The van der Waals surface area contributed by atoms with Crippen LogP contribution in [0.1, 0.15) is 42.4 Å². The van der Waals surface area contributed by atoms with Crippen LogP contribution in [-0.2, 0) is 29.2 Å². The molecule has 0 aliphatic carbocycles. The Bertz CT molecular complexity index is 986. The molecule has 0 unspecified atom stereocenters. The van der Waals surface area contributed by atoms with Crippen LogP contribution >= 0.6 is 0 Å². The highest BCUT2D eigenvalue weighted by atomic mass is 16.2. The maximum atomic E-state index is 12.0. The molecule has 2 aliphatic rings.